The number of hydrogen-bond donors (Lipinski definition) is 1. The lowest BCUT2D eigenvalue weighted by Gasteiger charge is -2.33. The molecule has 0 aliphatic heterocycles. The molecule has 0 bridgehead atoms. The number of halogens is 1. The molecule has 1 aromatic heterocycles. The molecule has 2 aromatic rings. The van der Waals surface area contributed by atoms with Crippen LogP contribution >= 0.6 is 22.9 Å². The average molecular weight is 388 g/mol. The molecule has 0 unspecified atom stereocenters. The van der Waals surface area contributed by atoms with Crippen molar-refractivity contribution in [1.82, 2.24) is 5.32 Å². The second kappa shape index (κ2) is 7.36. The first-order chi connectivity index (χ1) is 12.6. The number of hydrogen-bond acceptors (Lipinski definition) is 2. The van der Waals surface area contributed by atoms with Crippen molar-refractivity contribution in [2.75, 3.05) is 6.54 Å². The van der Waals surface area contributed by atoms with Gasteiger partial charge in [0.25, 0.3) is 0 Å². The molecule has 4 rings (SSSR count). The van der Waals surface area contributed by atoms with E-state index >= 15 is 0 Å². The van der Waals surface area contributed by atoms with Crippen LogP contribution in [-0.4, -0.2) is 12.5 Å². The monoisotopic (exact) mass is 387 g/mol. The van der Waals surface area contributed by atoms with Crippen molar-refractivity contribution in [2.45, 2.75) is 62.2 Å². The van der Waals surface area contributed by atoms with Gasteiger partial charge in [-0.15, -0.1) is 0 Å². The average Bonchev–Trinajstić information content (AvgIpc) is 3.42. The number of benzene rings is 1. The third-order valence-electron chi connectivity index (χ3n) is 6.57. The molecular weight excluding hydrogens is 362 g/mol. The van der Waals surface area contributed by atoms with Gasteiger partial charge in [-0.05, 0) is 65.8 Å². The molecule has 26 heavy (non-hydrogen) atoms. The molecule has 2 fully saturated rings. The minimum atomic E-state index is -0.376. The van der Waals surface area contributed by atoms with Gasteiger partial charge in [0.15, 0.2) is 0 Å². The molecule has 0 saturated heterocycles. The minimum Gasteiger partial charge on any atom is -0.354 e. The Morgan fingerprint density at radius 3 is 2.23 bits per heavy atom. The summed E-state index contributed by atoms with van der Waals surface area (Å²) in [4.78, 5) is 13.4. The highest BCUT2D eigenvalue weighted by atomic mass is 35.5. The number of carbonyl (C=O) groups is 1. The normalized spacial score (nSPS) is 21.0. The van der Waals surface area contributed by atoms with E-state index in [4.69, 9.17) is 11.6 Å². The number of amides is 1. The summed E-state index contributed by atoms with van der Waals surface area (Å²) in [6.45, 7) is 0.762. The lowest BCUT2D eigenvalue weighted by atomic mass is 9.76. The Labute approximate surface area is 165 Å². The van der Waals surface area contributed by atoms with Crippen molar-refractivity contribution in [3.05, 3.63) is 57.2 Å². The molecule has 138 valence electrons. The highest BCUT2D eigenvalue weighted by Gasteiger charge is 2.44. The molecule has 2 nitrogen and oxygen atoms in total. The van der Waals surface area contributed by atoms with Crippen LogP contribution in [0.3, 0.4) is 0 Å². The molecule has 2 saturated carbocycles. The quantitative estimate of drug-likeness (QED) is 0.685. The van der Waals surface area contributed by atoms with Crippen LogP contribution in [0.4, 0.5) is 0 Å². The highest BCUT2D eigenvalue weighted by Crippen LogP contribution is 2.44. The maximum Gasteiger partial charge on any atom is 0.230 e. The number of nitrogens with one attached hydrogen (secondary N) is 1. The summed E-state index contributed by atoms with van der Waals surface area (Å²) in [6.07, 6.45) is 8.98. The van der Waals surface area contributed by atoms with Gasteiger partial charge >= 0.3 is 0 Å². The van der Waals surface area contributed by atoms with Crippen molar-refractivity contribution in [3.8, 4) is 0 Å². The zero-order valence-corrected chi connectivity index (χ0v) is 16.7. The first kappa shape index (κ1) is 18.1. The Morgan fingerprint density at radius 2 is 1.62 bits per heavy atom. The van der Waals surface area contributed by atoms with Gasteiger partial charge < -0.3 is 5.32 Å². The van der Waals surface area contributed by atoms with E-state index in [1.165, 1.54) is 31.2 Å². The molecule has 0 atom stereocenters. The van der Waals surface area contributed by atoms with Gasteiger partial charge in [0.05, 0.1) is 5.41 Å². The Kier molecular flexibility index (Phi) is 5.11. The standard InChI is InChI=1S/C22H26ClNOS/c23-19-7-5-17(6-8-19)22(12-3-4-13-22)20(25)24-16-21(10-1-2-11-21)18-9-14-26-15-18/h5-9,14-15H,1-4,10-13,16H2,(H,24,25). The van der Waals surface area contributed by atoms with E-state index in [9.17, 15) is 4.79 Å². The van der Waals surface area contributed by atoms with Crippen LogP contribution in [0.25, 0.3) is 0 Å². The van der Waals surface area contributed by atoms with Crippen LogP contribution in [-0.2, 0) is 15.6 Å². The van der Waals surface area contributed by atoms with E-state index in [1.807, 2.05) is 24.3 Å². The van der Waals surface area contributed by atoms with Crippen LogP contribution in [0.15, 0.2) is 41.1 Å². The van der Waals surface area contributed by atoms with Gasteiger partial charge in [0, 0.05) is 17.0 Å². The molecule has 1 N–H and O–H groups in total. The minimum absolute atomic E-state index is 0.134. The fourth-order valence-electron chi connectivity index (χ4n) is 5.00. The number of carbonyl (C=O) groups excluding carboxylic acids is 1. The largest absolute Gasteiger partial charge is 0.354 e. The zero-order valence-electron chi connectivity index (χ0n) is 15.1. The van der Waals surface area contributed by atoms with Crippen LogP contribution in [0, 0.1) is 0 Å². The van der Waals surface area contributed by atoms with Gasteiger partial charge in [0.1, 0.15) is 0 Å². The van der Waals surface area contributed by atoms with Crippen LogP contribution in [0.5, 0.6) is 0 Å². The predicted molar refractivity (Wildman–Crippen MR) is 109 cm³/mol. The van der Waals surface area contributed by atoms with E-state index in [2.05, 4.69) is 22.1 Å². The second-order valence-electron chi connectivity index (χ2n) is 7.98. The van der Waals surface area contributed by atoms with Crippen LogP contribution in [0.2, 0.25) is 5.02 Å². The van der Waals surface area contributed by atoms with E-state index in [0.29, 0.717) is 0 Å². The van der Waals surface area contributed by atoms with Gasteiger partial charge in [0.2, 0.25) is 5.91 Å². The number of thiophene rings is 1. The van der Waals surface area contributed by atoms with E-state index in [0.717, 1.165) is 42.8 Å². The summed E-state index contributed by atoms with van der Waals surface area (Å²) in [5.41, 5.74) is 2.29. The fourth-order valence-corrected chi connectivity index (χ4v) is 5.90. The van der Waals surface area contributed by atoms with E-state index < -0.39 is 0 Å². The summed E-state index contributed by atoms with van der Waals surface area (Å²) >= 11 is 7.82. The summed E-state index contributed by atoms with van der Waals surface area (Å²) in [6, 6.07) is 10.1. The second-order valence-corrected chi connectivity index (χ2v) is 9.19. The molecule has 0 radical (unpaired) electrons. The fraction of sp³-hybridized carbons (Fsp3) is 0.500. The topological polar surface area (TPSA) is 29.1 Å². The molecule has 2 aliphatic carbocycles. The van der Waals surface area contributed by atoms with Crippen molar-refractivity contribution in [3.63, 3.8) is 0 Å². The molecule has 2 aliphatic rings. The Hall–Kier alpha value is -1.32. The van der Waals surface area contributed by atoms with Gasteiger partial charge in [-0.25, -0.2) is 0 Å². The molecule has 4 heteroatoms. The predicted octanol–water partition coefficient (Wildman–Crippen LogP) is 5.84. The maximum absolute atomic E-state index is 13.4. The van der Waals surface area contributed by atoms with Gasteiger partial charge in [-0.3, -0.25) is 4.79 Å². The summed E-state index contributed by atoms with van der Waals surface area (Å²) in [5, 5.41) is 8.53. The van der Waals surface area contributed by atoms with Crippen molar-refractivity contribution >= 4 is 28.8 Å². The number of rotatable bonds is 5. The molecular formula is C22H26ClNOS. The first-order valence-corrected chi connectivity index (χ1v) is 11.0. The lowest BCUT2D eigenvalue weighted by molar-refractivity contribution is -0.127. The summed E-state index contributed by atoms with van der Waals surface area (Å²) < 4.78 is 0. The SMILES string of the molecule is O=C(NCC1(c2ccsc2)CCCC1)C1(c2ccc(Cl)cc2)CCCC1. The molecule has 1 aromatic carbocycles. The highest BCUT2D eigenvalue weighted by molar-refractivity contribution is 7.08. The Bertz CT molecular complexity index is 741. The third-order valence-corrected chi connectivity index (χ3v) is 7.51. The maximum atomic E-state index is 13.4. The van der Waals surface area contributed by atoms with Crippen molar-refractivity contribution < 1.29 is 4.79 Å². The molecule has 1 amide bonds. The van der Waals surface area contributed by atoms with Gasteiger partial charge in [-0.1, -0.05) is 49.4 Å². The van der Waals surface area contributed by atoms with Crippen molar-refractivity contribution in [2.24, 2.45) is 0 Å². The lowest BCUT2D eigenvalue weighted by Crippen LogP contribution is -2.47. The van der Waals surface area contributed by atoms with Gasteiger partial charge in [-0.2, -0.15) is 11.3 Å². The smallest absolute Gasteiger partial charge is 0.230 e. The molecule has 0 spiro atoms. The van der Waals surface area contributed by atoms with Crippen LogP contribution in [0.1, 0.15) is 62.5 Å². The summed E-state index contributed by atoms with van der Waals surface area (Å²) in [7, 11) is 0. The van der Waals surface area contributed by atoms with E-state index in [-0.39, 0.29) is 16.7 Å². The Balaban J connectivity index is 1.55. The first-order valence-electron chi connectivity index (χ1n) is 9.72. The third kappa shape index (κ3) is 3.20. The van der Waals surface area contributed by atoms with E-state index in [1.54, 1.807) is 11.3 Å². The molecule has 1 heterocycles. The Morgan fingerprint density at radius 1 is 0.962 bits per heavy atom. The van der Waals surface area contributed by atoms with Crippen molar-refractivity contribution in [1.29, 1.82) is 0 Å². The zero-order chi connectivity index (χ0) is 18.0. The summed E-state index contributed by atoms with van der Waals surface area (Å²) in [5.74, 6) is 0.207. The van der Waals surface area contributed by atoms with Crippen LogP contribution < -0.4 is 5.32 Å².